The van der Waals surface area contributed by atoms with Gasteiger partial charge in [0.15, 0.2) is 0 Å². The van der Waals surface area contributed by atoms with Gasteiger partial charge in [0.1, 0.15) is 0 Å². The van der Waals surface area contributed by atoms with E-state index in [9.17, 15) is 8.42 Å². The highest BCUT2D eigenvalue weighted by Crippen LogP contribution is 2.34. The van der Waals surface area contributed by atoms with E-state index in [-0.39, 0.29) is 0 Å². The molecule has 202 valence electrons. The monoisotopic (exact) mass is 538 g/mol. The fourth-order valence-electron chi connectivity index (χ4n) is 5.60. The van der Waals surface area contributed by atoms with Crippen LogP contribution in [0.1, 0.15) is 39.3 Å². The van der Waals surface area contributed by atoms with Crippen molar-refractivity contribution in [3.63, 3.8) is 0 Å². The Morgan fingerprint density at radius 2 is 1.84 bits per heavy atom. The van der Waals surface area contributed by atoms with Crippen molar-refractivity contribution in [3.8, 4) is 22.6 Å². The van der Waals surface area contributed by atoms with E-state index >= 15 is 0 Å². The maximum Gasteiger partial charge on any atom is 0.248 e. The average molecular weight is 539 g/mol. The van der Waals surface area contributed by atoms with Crippen molar-refractivity contribution in [3.05, 3.63) is 42.2 Å². The van der Waals surface area contributed by atoms with Gasteiger partial charge in [0, 0.05) is 48.4 Å². The van der Waals surface area contributed by atoms with Crippen LogP contribution in [-0.2, 0) is 16.6 Å². The lowest BCUT2D eigenvalue weighted by Crippen LogP contribution is -2.58. The molecule has 5 rings (SSSR count). The van der Waals surface area contributed by atoms with Gasteiger partial charge in [0.05, 0.1) is 41.5 Å². The lowest BCUT2D eigenvalue weighted by atomic mass is 10.0. The standard InChI is InChI=1S/C26H34N8O3S/c1-15(2)34-16(3)12-33(13-17(34)4)14-25-30-31-26(37-25)21-7-19(8-24-22(21)11-28-29-24)20-9-23(18(5)27-10-20)32-38(6,35)36/h7-11,15-17,32H,12-14H2,1-6H3,(H,28,29)/t16-,17+. The van der Waals surface area contributed by atoms with Gasteiger partial charge in [0.25, 0.3) is 0 Å². The van der Waals surface area contributed by atoms with E-state index in [0.717, 1.165) is 46.9 Å². The Morgan fingerprint density at radius 1 is 1.11 bits per heavy atom. The SMILES string of the molecule is Cc1ncc(-c2cc(-c3nnc(CN4C[C@@H](C)N(C(C)C)[C@@H](C)C4)o3)c3cn[nH]c3c2)cc1NS(C)(=O)=O. The number of nitrogens with one attached hydrogen (secondary N) is 2. The van der Waals surface area contributed by atoms with Crippen LogP contribution in [0.15, 0.2) is 35.0 Å². The molecule has 4 aromatic rings. The lowest BCUT2D eigenvalue weighted by Gasteiger charge is -2.46. The lowest BCUT2D eigenvalue weighted by molar-refractivity contribution is 0.0102. The van der Waals surface area contributed by atoms with Crippen molar-refractivity contribution in [2.45, 2.75) is 59.3 Å². The topological polar surface area (TPSA) is 133 Å². The summed E-state index contributed by atoms with van der Waals surface area (Å²) < 4.78 is 32.3. The van der Waals surface area contributed by atoms with E-state index in [1.54, 1.807) is 25.4 Å². The summed E-state index contributed by atoms with van der Waals surface area (Å²) in [5.41, 5.74) is 4.11. The Hall–Kier alpha value is -3.35. The number of sulfonamides is 1. The molecule has 1 fully saturated rings. The maximum absolute atomic E-state index is 11.8. The minimum Gasteiger partial charge on any atom is -0.419 e. The Morgan fingerprint density at radius 3 is 2.53 bits per heavy atom. The van der Waals surface area contributed by atoms with Crippen LogP contribution in [0.3, 0.4) is 0 Å². The second kappa shape index (κ2) is 10.1. The first-order valence-corrected chi connectivity index (χ1v) is 14.6. The predicted octanol–water partition coefficient (Wildman–Crippen LogP) is 3.66. The molecule has 0 amide bonds. The van der Waals surface area contributed by atoms with Gasteiger partial charge >= 0.3 is 0 Å². The van der Waals surface area contributed by atoms with Crippen LogP contribution in [0.25, 0.3) is 33.5 Å². The third-order valence-corrected chi connectivity index (χ3v) is 7.58. The molecule has 1 aliphatic rings. The molecule has 0 saturated carbocycles. The van der Waals surface area contributed by atoms with Crippen molar-refractivity contribution in [2.75, 3.05) is 24.1 Å². The van der Waals surface area contributed by atoms with Crippen molar-refractivity contribution < 1.29 is 12.8 Å². The fraction of sp³-hybridized carbons (Fsp3) is 0.462. The summed E-state index contributed by atoms with van der Waals surface area (Å²) in [5.74, 6) is 0.973. The molecule has 0 aliphatic carbocycles. The Bertz CT molecular complexity index is 1550. The van der Waals surface area contributed by atoms with Crippen LogP contribution in [0, 0.1) is 6.92 Å². The molecule has 38 heavy (non-hydrogen) atoms. The van der Waals surface area contributed by atoms with Crippen molar-refractivity contribution in [1.82, 2.24) is 35.2 Å². The second-order valence-electron chi connectivity index (χ2n) is 10.5. The largest absolute Gasteiger partial charge is 0.419 e. The third-order valence-electron chi connectivity index (χ3n) is 6.99. The highest BCUT2D eigenvalue weighted by Gasteiger charge is 2.31. The normalized spacial score (nSPS) is 19.4. The molecule has 11 nitrogen and oxygen atoms in total. The van der Waals surface area contributed by atoms with Crippen LogP contribution < -0.4 is 4.72 Å². The first kappa shape index (κ1) is 26.3. The van der Waals surface area contributed by atoms with Crippen molar-refractivity contribution in [2.24, 2.45) is 0 Å². The van der Waals surface area contributed by atoms with Crippen molar-refractivity contribution >= 4 is 26.6 Å². The minimum absolute atomic E-state index is 0.407. The highest BCUT2D eigenvalue weighted by molar-refractivity contribution is 7.92. The van der Waals surface area contributed by atoms with Crippen LogP contribution in [0.4, 0.5) is 5.69 Å². The van der Waals surface area contributed by atoms with Gasteiger partial charge in [-0.25, -0.2) is 8.42 Å². The first-order chi connectivity index (χ1) is 18.0. The van der Waals surface area contributed by atoms with Gasteiger partial charge < -0.3 is 4.42 Å². The van der Waals surface area contributed by atoms with E-state index < -0.39 is 10.0 Å². The van der Waals surface area contributed by atoms with Gasteiger partial charge in [-0.3, -0.25) is 24.6 Å². The van der Waals surface area contributed by atoms with E-state index in [1.165, 1.54) is 0 Å². The molecule has 2 N–H and O–H groups in total. The second-order valence-corrected chi connectivity index (χ2v) is 12.3. The summed E-state index contributed by atoms with van der Waals surface area (Å²) in [4.78, 5) is 9.31. The van der Waals surface area contributed by atoms with Gasteiger partial charge in [-0.05, 0) is 58.4 Å². The molecular formula is C26H34N8O3S. The predicted molar refractivity (Wildman–Crippen MR) is 147 cm³/mol. The number of nitrogens with zero attached hydrogens (tertiary/aromatic N) is 6. The third kappa shape index (κ3) is 5.42. The summed E-state index contributed by atoms with van der Waals surface area (Å²) in [6.45, 7) is 13.2. The Labute approximate surface area is 222 Å². The van der Waals surface area contributed by atoms with E-state index in [0.29, 0.717) is 47.8 Å². The quantitative estimate of drug-likeness (QED) is 0.362. The summed E-state index contributed by atoms with van der Waals surface area (Å²) in [5, 5.41) is 16.8. The molecule has 1 saturated heterocycles. The van der Waals surface area contributed by atoms with Crippen LogP contribution in [0.2, 0.25) is 0 Å². The number of aromatic nitrogens is 5. The summed E-state index contributed by atoms with van der Waals surface area (Å²) in [6.07, 6.45) is 4.56. The van der Waals surface area contributed by atoms with E-state index in [1.807, 2.05) is 12.1 Å². The zero-order valence-corrected chi connectivity index (χ0v) is 23.4. The van der Waals surface area contributed by atoms with Gasteiger partial charge in [-0.2, -0.15) is 5.10 Å². The smallest absolute Gasteiger partial charge is 0.248 e. The number of H-pyrrole nitrogens is 1. The summed E-state index contributed by atoms with van der Waals surface area (Å²) >= 11 is 0. The van der Waals surface area contributed by atoms with E-state index in [4.69, 9.17) is 4.42 Å². The summed E-state index contributed by atoms with van der Waals surface area (Å²) in [6, 6.07) is 7.03. The number of hydrogen-bond acceptors (Lipinski definition) is 9. The van der Waals surface area contributed by atoms with Gasteiger partial charge in [0.2, 0.25) is 21.8 Å². The number of pyridine rings is 1. The van der Waals surface area contributed by atoms with Gasteiger partial charge in [-0.15, -0.1) is 10.2 Å². The average Bonchev–Trinajstić information content (AvgIpc) is 3.48. The molecule has 2 atom stereocenters. The number of anilines is 1. The summed E-state index contributed by atoms with van der Waals surface area (Å²) in [7, 11) is -3.45. The zero-order chi connectivity index (χ0) is 27.2. The Kier molecular flexibility index (Phi) is 6.97. The van der Waals surface area contributed by atoms with E-state index in [2.05, 4.69) is 67.6 Å². The molecule has 3 aromatic heterocycles. The number of rotatable bonds is 7. The fourth-order valence-corrected chi connectivity index (χ4v) is 6.20. The molecule has 0 unspecified atom stereocenters. The number of aryl methyl sites for hydroxylation is 1. The zero-order valence-electron chi connectivity index (χ0n) is 22.6. The molecule has 0 radical (unpaired) electrons. The number of aromatic amines is 1. The molecule has 1 aliphatic heterocycles. The number of fused-ring (bicyclic) bond motifs is 1. The van der Waals surface area contributed by atoms with Crippen molar-refractivity contribution in [1.29, 1.82) is 0 Å². The number of benzene rings is 1. The Balaban J connectivity index is 1.44. The highest BCUT2D eigenvalue weighted by atomic mass is 32.2. The number of hydrogen-bond donors (Lipinski definition) is 2. The molecular weight excluding hydrogens is 504 g/mol. The maximum atomic E-state index is 11.8. The molecule has 1 aromatic carbocycles. The van der Waals surface area contributed by atoms with Crippen LogP contribution in [-0.4, -0.2) is 81.1 Å². The van der Waals surface area contributed by atoms with Crippen LogP contribution in [0.5, 0.6) is 0 Å². The minimum atomic E-state index is -3.45. The molecule has 0 bridgehead atoms. The van der Waals surface area contributed by atoms with Gasteiger partial charge in [-0.1, -0.05) is 0 Å². The first-order valence-electron chi connectivity index (χ1n) is 12.7. The number of piperazine rings is 1. The molecule has 4 heterocycles. The van der Waals surface area contributed by atoms with Crippen LogP contribution >= 0.6 is 0 Å². The molecule has 12 heteroatoms. The molecule has 0 spiro atoms.